The van der Waals surface area contributed by atoms with Gasteiger partial charge < -0.3 is 14.6 Å². The Morgan fingerprint density at radius 3 is 2.89 bits per heavy atom. The van der Waals surface area contributed by atoms with E-state index in [0.717, 1.165) is 42.9 Å². The van der Waals surface area contributed by atoms with Crippen LogP contribution in [-0.4, -0.2) is 23.2 Å². The van der Waals surface area contributed by atoms with Crippen LogP contribution in [0.1, 0.15) is 35.4 Å². The van der Waals surface area contributed by atoms with Crippen molar-refractivity contribution in [2.24, 2.45) is 0 Å². The number of carbonyl (C=O) groups excluding carboxylic acids is 1. The van der Waals surface area contributed by atoms with Crippen LogP contribution in [-0.2, 0) is 22.6 Å². The average Bonchev–Trinajstić information content (AvgIpc) is 3.29. The van der Waals surface area contributed by atoms with Crippen LogP contribution in [0.5, 0.6) is 0 Å². The Kier molecular flexibility index (Phi) is 6.27. The van der Waals surface area contributed by atoms with Gasteiger partial charge in [-0.2, -0.15) is 5.26 Å². The topological polar surface area (TPSA) is 67.0 Å². The summed E-state index contributed by atoms with van der Waals surface area (Å²) in [6.07, 6.45) is 3.92. The Hall–Kier alpha value is -2.91. The van der Waals surface area contributed by atoms with Gasteiger partial charge in [0, 0.05) is 36.6 Å². The summed E-state index contributed by atoms with van der Waals surface area (Å²) in [6.45, 7) is 5.58. The quantitative estimate of drug-likeness (QED) is 0.614. The molecule has 1 aromatic heterocycles. The maximum Gasteiger partial charge on any atom is 0.262 e. The van der Waals surface area contributed by atoms with Crippen LogP contribution in [0.25, 0.3) is 6.08 Å². The van der Waals surface area contributed by atoms with Crippen molar-refractivity contribution in [1.82, 2.24) is 9.88 Å². The molecule has 1 aliphatic rings. The van der Waals surface area contributed by atoms with E-state index in [9.17, 15) is 14.4 Å². The number of rotatable bonds is 6. The van der Waals surface area contributed by atoms with E-state index in [1.54, 1.807) is 24.3 Å². The fourth-order valence-electron chi connectivity index (χ4n) is 3.46. The Labute approximate surface area is 164 Å². The van der Waals surface area contributed by atoms with Crippen molar-refractivity contribution >= 4 is 12.0 Å². The Bertz CT molecular complexity index is 934. The van der Waals surface area contributed by atoms with Crippen molar-refractivity contribution in [2.45, 2.75) is 45.9 Å². The summed E-state index contributed by atoms with van der Waals surface area (Å²) in [4.78, 5) is 12.4. The lowest BCUT2D eigenvalue weighted by Crippen LogP contribution is -2.24. The van der Waals surface area contributed by atoms with Gasteiger partial charge in [0.25, 0.3) is 5.91 Å². The zero-order valence-corrected chi connectivity index (χ0v) is 16.2. The summed E-state index contributed by atoms with van der Waals surface area (Å²) in [7, 11) is 0. The Balaban J connectivity index is 1.74. The molecule has 146 valence electrons. The summed E-state index contributed by atoms with van der Waals surface area (Å²) in [5, 5.41) is 12.0. The minimum atomic E-state index is -0.519. The molecule has 0 saturated carbocycles. The summed E-state index contributed by atoms with van der Waals surface area (Å²) in [5.74, 6) is -0.905. The number of hydrogen-bond acceptors (Lipinski definition) is 3. The van der Waals surface area contributed by atoms with Gasteiger partial charge in [0.2, 0.25) is 0 Å². The summed E-state index contributed by atoms with van der Waals surface area (Å²) < 4.78 is 21.6. The minimum Gasteiger partial charge on any atom is -0.376 e. The molecule has 6 heteroatoms. The van der Waals surface area contributed by atoms with E-state index in [1.165, 1.54) is 6.07 Å². The van der Waals surface area contributed by atoms with Crippen LogP contribution in [0.2, 0.25) is 0 Å². The Morgan fingerprint density at radius 2 is 2.21 bits per heavy atom. The molecule has 0 aliphatic carbocycles. The molecule has 0 spiro atoms. The monoisotopic (exact) mass is 381 g/mol. The van der Waals surface area contributed by atoms with Gasteiger partial charge in [0.15, 0.2) is 0 Å². The van der Waals surface area contributed by atoms with Gasteiger partial charge >= 0.3 is 0 Å². The zero-order valence-electron chi connectivity index (χ0n) is 16.2. The molecule has 2 aromatic rings. The highest BCUT2D eigenvalue weighted by atomic mass is 19.1. The van der Waals surface area contributed by atoms with Crippen LogP contribution in [0.4, 0.5) is 4.39 Å². The van der Waals surface area contributed by atoms with Crippen LogP contribution in [0.3, 0.4) is 0 Å². The van der Waals surface area contributed by atoms with Crippen molar-refractivity contribution in [3.05, 3.63) is 64.2 Å². The average molecular weight is 381 g/mol. The van der Waals surface area contributed by atoms with Gasteiger partial charge in [-0.15, -0.1) is 0 Å². The number of nitriles is 1. The van der Waals surface area contributed by atoms with Crippen LogP contribution < -0.4 is 5.32 Å². The molecule has 1 fully saturated rings. The number of carbonyl (C=O) groups is 1. The number of aromatic nitrogens is 1. The first-order valence-electron chi connectivity index (χ1n) is 9.41. The second-order valence-electron chi connectivity index (χ2n) is 7.02. The van der Waals surface area contributed by atoms with E-state index in [0.29, 0.717) is 5.56 Å². The number of benzene rings is 1. The van der Waals surface area contributed by atoms with Crippen molar-refractivity contribution < 1.29 is 13.9 Å². The molecule has 1 aromatic carbocycles. The van der Waals surface area contributed by atoms with Crippen LogP contribution >= 0.6 is 0 Å². The normalized spacial score (nSPS) is 16.8. The van der Waals surface area contributed by atoms with Gasteiger partial charge in [0.1, 0.15) is 17.5 Å². The SMILES string of the molecule is Cc1cc(/C=C(\C#N)C(=O)NCc2ccccc2F)c(C)n1C[C@@H]1CCCO1. The van der Waals surface area contributed by atoms with Gasteiger partial charge in [-0.25, -0.2) is 4.39 Å². The van der Waals surface area contributed by atoms with Crippen LogP contribution in [0, 0.1) is 31.0 Å². The molecule has 3 rings (SSSR count). The first-order chi connectivity index (χ1) is 13.5. The molecule has 1 atom stereocenters. The highest BCUT2D eigenvalue weighted by molar-refractivity contribution is 6.01. The lowest BCUT2D eigenvalue weighted by Gasteiger charge is -2.14. The van der Waals surface area contributed by atoms with Crippen molar-refractivity contribution in [3.8, 4) is 6.07 Å². The maximum atomic E-state index is 13.7. The van der Waals surface area contributed by atoms with E-state index in [-0.39, 0.29) is 24.0 Å². The standard InChI is InChI=1S/C22H24FN3O2/c1-15-10-18(16(2)26(15)14-20-7-5-9-28-20)11-19(12-24)22(27)25-13-17-6-3-4-8-21(17)23/h3-4,6,8,10-11,20H,5,7,9,13-14H2,1-2H3,(H,25,27)/b19-11+/t20-/m0/s1. The van der Waals surface area contributed by atoms with E-state index in [1.807, 2.05) is 26.0 Å². The third-order valence-corrected chi connectivity index (χ3v) is 5.09. The molecule has 5 nitrogen and oxygen atoms in total. The number of amides is 1. The number of halogens is 1. The summed E-state index contributed by atoms with van der Waals surface area (Å²) in [6, 6.07) is 10.1. The molecule has 1 N–H and O–H groups in total. The molecule has 0 radical (unpaired) electrons. The van der Waals surface area contributed by atoms with Crippen LogP contribution in [0.15, 0.2) is 35.9 Å². The molecule has 2 heterocycles. The molecular formula is C22H24FN3O2. The number of ether oxygens (including phenoxy) is 1. The lowest BCUT2D eigenvalue weighted by atomic mass is 10.1. The molecule has 1 aliphatic heterocycles. The number of nitrogens with zero attached hydrogens (tertiary/aromatic N) is 2. The van der Waals surface area contributed by atoms with E-state index >= 15 is 0 Å². The second-order valence-corrected chi connectivity index (χ2v) is 7.02. The first-order valence-corrected chi connectivity index (χ1v) is 9.41. The second kappa shape index (κ2) is 8.85. The van der Waals surface area contributed by atoms with E-state index in [2.05, 4.69) is 9.88 Å². The van der Waals surface area contributed by atoms with Crippen molar-refractivity contribution in [2.75, 3.05) is 6.61 Å². The van der Waals surface area contributed by atoms with Gasteiger partial charge in [-0.1, -0.05) is 18.2 Å². The third kappa shape index (κ3) is 4.49. The number of aryl methyl sites for hydroxylation is 1. The predicted molar refractivity (Wildman–Crippen MR) is 105 cm³/mol. The van der Waals surface area contributed by atoms with Gasteiger partial charge in [-0.05, 0) is 50.5 Å². The molecule has 1 saturated heterocycles. The summed E-state index contributed by atoms with van der Waals surface area (Å²) in [5.41, 5.74) is 3.25. The maximum absolute atomic E-state index is 13.7. The zero-order chi connectivity index (χ0) is 20.1. The van der Waals surface area contributed by atoms with E-state index < -0.39 is 5.91 Å². The molecular weight excluding hydrogens is 357 g/mol. The third-order valence-electron chi connectivity index (χ3n) is 5.09. The van der Waals surface area contributed by atoms with Gasteiger partial charge in [0.05, 0.1) is 6.10 Å². The first kappa shape index (κ1) is 19.8. The molecule has 0 bridgehead atoms. The Morgan fingerprint density at radius 1 is 1.43 bits per heavy atom. The molecule has 1 amide bonds. The predicted octanol–water partition coefficient (Wildman–Crippen LogP) is 3.65. The smallest absolute Gasteiger partial charge is 0.262 e. The highest BCUT2D eigenvalue weighted by Gasteiger charge is 2.19. The largest absolute Gasteiger partial charge is 0.376 e. The summed E-state index contributed by atoms with van der Waals surface area (Å²) >= 11 is 0. The van der Waals surface area contributed by atoms with Crippen molar-refractivity contribution in [3.63, 3.8) is 0 Å². The molecule has 28 heavy (non-hydrogen) atoms. The highest BCUT2D eigenvalue weighted by Crippen LogP contribution is 2.22. The lowest BCUT2D eigenvalue weighted by molar-refractivity contribution is -0.117. The van der Waals surface area contributed by atoms with E-state index in [4.69, 9.17) is 4.74 Å². The number of nitrogens with one attached hydrogen (secondary N) is 1. The van der Waals surface area contributed by atoms with Gasteiger partial charge in [-0.3, -0.25) is 4.79 Å². The number of hydrogen-bond donors (Lipinski definition) is 1. The fourth-order valence-corrected chi connectivity index (χ4v) is 3.46. The molecule has 0 unspecified atom stereocenters. The van der Waals surface area contributed by atoms with Crippen molar-refractivity contribution in [1.29, 1.82) is 5.26 Å². The fraction of sp³-hybridized carbons (Fsp3) is 0.364. The minimum absolute atomic E-state index is 0.00583.